The number of hydrogen-bond donors (Lipinski definition) is 0. The molecule has 1 aliphatic rings. The second-order valence-corrected chi connectivity index (χ2v) is 7.40. The number of methoxy groups -OCH3 is 1. The Labute approximate surface area is 141 Å². The lowest BCUT2D eigenvalue weighted by Gasteiger charge is -2.28. The van der Waals surface area contributed by atoms with Gasteiger partial charge >= 0.3 is 0 Å². The molecule has 5 nitrogen and oxygen atoms in total. The second kappa shape index (κ2) is 6.49. The van der Waals surface area contributed by atoms with E-state index in [0.717, 1.165) is 0 Å². The molecule has 0 aliphatic carbocycles. The Kier molecular flexibility index (Phi) is 4.40. The van der Waals surface area contributed by atoms with Crippen molar-refractivity contribution in [3.05, 3.63) is 71.6 Å². The van der Waals surface area contributed by atoms with E-state index in [-0.39, 0.29) is 11.7 Å². The van der Waals surface area contributed by atoms with E-state index in [1.807, 2.05) is 18.2 Å². The SMILES string of the molecule is COc1cccc(C(=O)N(c2ccccc2)[C@H]2C=CS(=O)(=O)C2)c1. The van der Waals surface area contributed by atoms with Gasteiger partial charge in [0.2, 0.25) is 0 Å². The van der Waals surface area contributed by atoms with Gasteiger partial charge in [0.25, 0.3) is 5.91 Å². The summed E-state index contributed by atoms with van der Waals surface area (Å²) in [6.45, 7) is 0. The second-order valence-electron chi connectivity index (χ2n) is 5.47. The van der Waals surface area contributed by atoms with Crippen molar-refractivity contribution < 1.29 is 17.9 Å². The fourth-order valence-corrected chi connectivity index (χ4v) is 3.93. The van der Waals surface area contributed by atoms with Gasteiger partial charge in [0.1, 0.15) is 5.75 Å². The molecule has 3 rings (SSSR count). The number of para-hydroxylation sites is 1. The molecular weight excluding hydrogens is 326 g/mol. The van der Waals surface area contributed by atoms with Gasteiger partial charge in [-0.05, 0) is 36.4 Å². The molecule has 124 valence electrons. The van der Waals surface area contributed by atoms with Crippen molar-refractivity contribution in [3.8, 4) is 5.75 Å². The van der Waals surface area contributed by atoms with Gasteiger partial charge in [-0.25, -0.2) is 8.42 Å². The fraction of sp³-hybridized carbons (Fsp3) is 0.167. The maximum Gasteiger partial charge on any atom is 0.258 e. The number of ether oxygens (including phenoxy) is 1. The van der Waals surface area contributed by atoms with Gasteiger partial charge < -0.3 is 9.64 Å². The molecule has 0 N–H and O–H groups in total. The quantitative estimate of drug-likeness (QED) is 0.856. The van der Waals surface area contributed by atoms with Crippen molar-refractivity contribution >= 4 is 21.4 Å². The summed E-state index contributed by atoms with van der Waals surface area (Å²) in [6.07, 6.45) is 1.56. The highest BCUT2D eigenvalue weighted by atomic mass is 32.2. The van der Waals surface area contributed by atoms with E-state index >= 15 is 0 Å². The van der Waals surface area contributed by atoms with Crippen molar-refractivity contribution in [1.82, 2.24) is 0 Å². The Hall–Kier alpha value is -2.60. The van der Waals surface area contributed by atoms with Crippen LogP contribution in [0.3, 0.4) is 0 Å². The van der Waals surface area contributed by atoms with Gasteiger partial charge in [-0.1, -0.05) is 24.3 Å². The fourth-order valence-electron chi connectivity index (χ4n) is 2.66. The molecule has 0 bridgehead atoms. The first kappa shape index (κ1) is 16.3. The maximum atomic E-state index is 13.1. The van der Waals surface area contributed by atoms with Gasteiger partial charge in [0, 0.05) is 16.7 Å². The lowest BCUT2D eigenvalue weighted by Crippen LogP contribution is -2.41. The molecule has 0 aromatic heterocycles. The highest BCUT2D eigenvalue weighted by molar-refractivity contribution is 7.94. The van der Waals surface area contributed by atoms with Gasteiger partial charge in [-0.15, -0.1) is 0 Å². The van der Waals surface area contributed by atoms with Crippen molar-refractivity contribution in [2.75, 3.05) is 17.8 Å². The van der Waals surface area contributed by atoms with E-state index in [2.05, 4.69) is 0 Å². The van der Waals surface area contributed by atoms with Gasteiger partial charge in [0.15, 0.2) is 9.84 Å². The van der Waals surface area contributed by atoms with Crippen LogP contribution in [0.1, 0.15) is 10.4 Å². The molecule has 0 unspecified atom stereocenters. The summed E-state index contributed by atoms with van der Waals surface area (Å²) in [6, 6.07) is 15.3. The number of nitrogens with zero attached hydrogens (tertiary/aromatic N) is 1. The molecule has 0 spiro atoms. The summed E-state index contributed by atoms with van der Waals surface area (Å²) < 4.78 is 28.8. The van der Waals surface area contributed by atoms with Crippen LogP contribution in [-0.2, 0) is 9.84 Å². The van der Waals surface area contributed by atoms with Crippen LogP contribution in [0.15, 0.2) is 66.1 Å². The zero-order chi connectivity index (χ0) is 17.2. The normalized spacial score (nSPS) is 18.3. The van der Waals surface area contributed by atoms with E-state index in [9.17, 15) is 13.2 Å². The largest absolute Gasteiger partial charge is 0.497 e. The van der Waals surface area contributed by atoms with Crippen LogP contribution in [0.2, 0.25) is 0 Å². The molecule has 1 amide bonds. The number of hydrogen-bond acceptors (Lipinski definition) is 4. The van der Waals surface area contributed by atoms with Crippen molar-refractivity contribution in [3.63, 3.8) is 0 Å². The monoisotopic (exact) mass is 343 g/mol. The summed E-state index contributed by atoms with van der Waals surface area (Å²) in [7, 11) is -1.74. The first-order valence-corrected chi connectivity index (χ1v) is 9.15. The molecule has 2 aromatic carbocycles. The van der Waals surface area contributed by atoms with Gasteiger partial charge in [-0.2, -0.15) is 0 Å². The molecule has 1 atom stereocenters. The third kappa shape index (κ3) is 3.33. The summed E-state index contributed by atoms with van der Waals surface area (Å²) in [4.78, 5) is 14.6. The molecule has 0 radical (unpaired) electrons. The minimum atomic E-state index is -3.28. The summed E-state index contributed by atoms with van der Waals surface area (Å²) in [5.41, 5.74) is 1.09. The molecule has 2 aromatic rings. The van der Waals surface area contributed by atoms with Crippen LogP contribution in [-0.4, -0.2) is 33.2 Å². The highest BCUT2D eigenvalue weighted by Gasteiger charge is 2.32. The summed E-state index contributed by atoms with van der Waals surface area (Å²) >= 11 is 0. The third-order valence-corrected chi connectivity index (χ3v) is 5.19. The lowest BCUT2D eigenvalue weighted by molar-refractivity contribution is 0.0983. The van der Waals surface area contributed by atoms with E-state index in [0.29, 0.717) is 17.0 Å². The zero-order valence-electron chi connectivity index (χ0n) is 13.1. The Balaban J connectivity index is 2.01. The van der Waals surface area contributed by atoms with Crippen LogP contribution >= 0.6 is 0 Å². The van der Waals surface area contributed by atoms with Crippen molar-refractivity contribution in [1.29, 1.82) is 0 Å². The standard InChI is InChI=1S/C18H17NO4S/c1-23-17-9-5-6-14(12-17)18(20)19(15-7-3-2-4-8-15)16-10-11-24(21,22)13-16/h2-12,16H,13H2,1H3/t16-/m0/s1. The number of anilines is 1. The van der Waals surface area contributed by atoms with Crippen molar-refractivity contribution in [2.45, 2.75) is 6.04 Å². The van der Waals surface area contributed by atoms with Crippen LogP contribution in [0.25, 0.3) is 0 Å². The van der Waals surface area contributed by atoms with Crippen LogP contribution in [0.4, 0.5) is 5.69 Å². The number of carbonyl (C=O) groups is 1. The van der Waals surface area contributed by atoms with Gasteiger partial charge in [0.05, 0.1) is 18.9 Å². The molecule has 6 heteroatoms. The number of rotatable bonds is 4. The van der Waals surface area contributed by atoms with E-state index in [1.54, 1.807) is 42.5 Å². The minimum absolute atomic E-state index is 0.113. The average molecular weight is 343 g/mol. The third-order valence-electron chi connectivity index (χ3n) is 3.81. The van der Waals surface area contributed by atoms with E-state index < -0.39 is 15.9 Å². The number of benzene rings is 2. The Morgan fingerprint density at radius 1 is 1.12 bits per heavy atom. The maximum absolute atomic E-state index is 13.1. The molecule has 0 saturated carbocycles. The summed E-state index contributed by atoms with van der Waals surface area (Å²) in [5, 5.41) is 1.17. The minimum Gasteiger partial charge on any atom is -0.497 e. The average Bonchev–Trinajstić information content (AvgIpc) is 2.95. The van der Waals surface area contributed by atoms with E-state index in [4.69, 9.17) is 4.74 Å². The number of carbonyl (C=O) groups excluding carboxylic acids is 1. The van der Waals surface area contributed by atoms with Crippen LogP contribution in [0.5, 0.6) is 5.75 Å². The van der Waals surface area contributed by atoms with Crippen LogP contribution in [0, 0.1) is 0 Å². The predicted octanol–water partition coefficient (Wildman–Crippen LogP) is 2.65. The molecule has 1 heterocycles. The number of sulfone groups is 1. The molecule has 1 aliphatic heterocycles. The van der Waals surface area contributed by atoms with Crippen LogP contribution < -0.4 is 9.64 Å². The highest BCUT2D eigenvalue weighted by Crippen LogP contribution is 2.25. The first-order chi connectivity index (χ1) is 11.5. The topological polar surface area (TPSA) is 63.7 Å². The number of amides is 1. The Morgan fingerprint density at radius 3 is 2.50 bits per heavy atom. The first-order valence-electron chi connectivity index (χ1n) is 7.44. The molecule has 0 fully saturated rings. The van der Waals surface area contributed by atoms with Gasteiger partial charge in [-0.3, -0.25) is 4.79 Å². The smallest absolute Gasteiger partial charge is 0.258 e. The predicted molar refractivity (Wildman–Crippen MR) is 93.0 cm³/mol. The lowest BCUT2D eigenvalue weighted by atomic mass is 10.1. The molecule has 24 heavy (non-hydrogen) atoms. The molecular formula is C18H17NO4S. The molecule has 0 saturated heterocycles. The zero-order valence-corrected chi connectivity index (χ0v) is 13.9. The summed E-state index contributed by atoms with van der Waals surface area (Å²) in [5.74, 6) is 0.188. The Morgan fingerprint density at radius 2 is 1.88 bits per heavy atom. The Bertz CT molecular complexity index is 875. The van der Waals surface area contributed by atoms with E-state index in [1.165, 1.54) is 17.4 Å². The van der Waals surface area contributed by atoms with Crippen molar-refractivity contribution in [2.24, 2.45) is 0 Å².